The van der Waals surface area contributed by atoms with Crippen molar-refractivity contribution in [2.45, 2.75) is 6.54 Å². The predicted octanol–water partition coefficient (Wildman–Crippen LogP) is 3.52. The largest absolute Gasteiger partial charge is 0.379 e. The molecule has 1 aromatic carbocycles. The van der Waals surface area contributed by atoms with Crippen LogP contribution in [-0.2, 0) is 11.3 Å². The third-order valence-corrected chi connectivity index (χ3v) is 5.36. The van der Waals surface area contributed by atoms with Gasteiger partial charge in [0.25, 0.3) is 0 Å². The lowest BCUT2D eigenvalue weighted by atomic mass is 10.1. The highest BCUT2D eigenvalue weighted by Crippen LogP contribution is 2.27. The van der Waals surface area contributed by atoms with Gasteiger partial charge in [-0.25, -0.2) is 9.37 Å². The number of hydrogen-bond acceptors (Lipinski definition) is 5. The molecule has 6 heteroatoms. The summed E-state index contributed by atoms with van der Waals surface area (Å²) in [4.78, 5) is 7.16. The maximum absolute atomic E-state index is 13.6. The van der Waals surface area contributed by atoms with Crippen molar-refractivity contribution in [3.05, 3.63) is 52.5 Å². The van der Waals surface area contributed by atoms with Gasteiger partial charge in [0.15, 0.2) is 0 Å². The monoisotopic (exact) mass is 371 g/mol. The first kappa shape index (κ1) is 17.5. The molecule has 0 spiro atoms. The van der Waals surface area contributed by atoms with Crippen molar-refractivity contribution >= 4 is 22.2 Å². The van der Waals surface area contributed by atoms with Crippen molar-refractivity contribution in [1.29, 1.82) is 0 Å². The molecule has 0 amide bonds. The molecule has 4 rings (SSSR count). The maximum Gasteiger partial charge on any atom is 0.125 e. The van der Waals surface area contributed by atoms with Crippen LogP contribution in [0.25, 0.3) is 22.2 Å². The minimum Gasteiger partial charge on any atom is -0.379 e. The summed E-state index contributed by atoms with van der Waals surface area (Å²) in [6.07, 6.45) is 0. The van der Waals surface area contributed by atoms with Gasteiger partial charge in [-0.15, -0.1) is 0 Å². The summed E-state index contributed by atoms with van der Waals surface area (Å²) in [6, 6.07) is 8.98. The lowest BCUT2D eigenvalue weighted by Gasteiger charge is -2.26. The number of aromatic nitrogens is 1. The number of benzene rings is 1. The fourth-order valence-electron chi connectivity index (χ4n) is 3.25. The molecule has 0 aliphatic carbocycles. The van der Waals surface area contributed by atoms with E-state index in [-0.39, 0.29) is 5.82 Å². The van der Waals surface area contributed by atoms with Crippen LogP contribution in [0, 0.1) is 5.82 Å². The lowest BCUT2D eigenvalue weighted by molar-refractivity contribution is 0.0384. The van der Waals surface area contributed by atoms with Crippen LogP contribution in [0.2, 0.25) is 0 Å². The number of halogens is 1. The van der Waals surface area contributed by atoms with Crippen LogP contribution in [0.4, 0.5) is 4.39 Å². The summed E-state index contributed by atoms with van der Waals surface area (Å²) in [6.45, 7) is 6.35. The van der Waals surface area contributed by atoms with E-state index in [2.05, 4.69) is 27.7 Å². The summed E-state index contributed by atoms with van der Waals surface area (Å²) in [5, 5.41) is 8.63. The number of fused-ring (bicyclic) bond motifs is 1. The SMILES string of the molecule is Fc1ccc2cc(CNCCN3CCOCC3)c(-c3ccsc3)nc2c1. The summed E-state index contributed by atoms with van der Waals surface area (Å²) in [5.74, 6) is -0.252. The van der Waals surface area contributed by atoms with Gasteiger partial charge in [-0.1, -0.05) is 0 Å². The zero-order chi connectivity index (χ0) is 17.8. The van der Waals surface area contributed by atoms with E-state index in [0.29, 0.717) is 5.52 Å². The fourth-order valence-corrected chi connectivity index (χ4v) is 3.89. The fraction of sp³-hybridized carbons (Fsp3) is 0.350. The minimum atomic E-state index is -0.252. The smallest absolute Gasteiger partial charge is 0.125 e. The Hall–Kier alpha value is -1.86. The number of nitrogens with zero attached hydrogens (tertiary/aromatic N) is 2. The van der Waals surface area contributed by atoms with Gasteiger partial charge < -0.3 is 10.1 Å². The van der Waals surface area contributed by atoms with Crippen LogP contribution in [0.15, 0.2) is 41.1 Å². The Bertz CT molecular complexity index is 863. The number of thiophene rings is 1. The molecule has 1 aliphatic rings. The molecule has 1 saturated heterocycles. The lowest BCUT2D eigenvalue weighted by Crippen LogP contribution is -2.40. The Morgan fingerprint density at radius 3 is 2.88 bits per heavy atom. The molecule has 3 heterocycles. The number of pyridine rings is 1. The highest BCUT2D eigenvalue weighted by atomic mass is 32.1. The van der Waals surface area contributed by atoms with Crippen LogP contribution < -0.4 is 5.32 Å². The van der Waals surface area contributed by atoms with Gasteiger partial charge in [0.05, 0.1) is 24.4 Å². The summed E-state index contributed by atoms with van der Waals surface area (Å²) >= 11 is 1.65. The maximum atomic E-state index is 13.6. The molecule has 136 valence electrons. The first-order valence-corrected chi connectivity index (χ1v) is 9.86. The topological polar surface area (TPSA) is 37.4 Å². The molecule has 0 saturated carbocycles. The first-order chi connectivity index (χ1) is 12.8. The normalized spacial score (nSPS) is 15.6. The van der Waals surface area contributed by atoms with E-state index in [1.165, 1.54) is 12.1 Å². The van der Waals surface area contributed by atoms with Crippen LogP contribution in [0.3, 0.4) is 0 Å². The molecule has 0 bridgehead atoms. The number of ether oxygens (including phenoxy) is 1. The van der Waals surface area contributed by atoms with Crippen LogP contribution >= 0.6 is 11.3 Å². The van der Waals surface area contributed by atoms with Gasteiger partial charge in [-0.3, -0.25) is 4.90 Å². The highest BCUT2D eigenvalue weighted by molar-refractivity contribution is 7.08. The third kappa shape index (κ3) is 4.10. The van der Waals surface area contributed by atoms with Crippen molar-refractivity contribution < 1.29 is 9.13 Å². The van der Waals surface area contributed by atoms with E-state index in [9.17, 15) is 4.39 Å². The molecule has 4 nitrogen and oxygen atoms in total. The Morgan fingerprint density at radius 2 is 2.08 bits per heavy atom. The quantitative estimate of drug-likeness (QED) is 0.673. The Morgan fingerprint density at radius 1 is 1.19 bits per heavy atom. The Kier molecular flexibility index (Phi) is 5.55. The van der Waals surface area contributed by atoms with Crippen molar-refractivity contribution in [2.75, 3.05) is 39.4 Å². The van der Waals surface area contributed by atoms with E-state index in [1.807, 2.05) is 5.38 Å². The molecule has 1 aliphatic heterocycles. The van der Waals surface area contributed by atoms with Crippen molar-refractivity contribution in [3.63, 3.8) is 0 Å². The molecular weight excluding hydrogens is 349 g/mol. The summed E-state index contributed by atoms with van der Waals surface area (Å²) in [7, 11) is 0. The Balaban J connectivity index is 1.51. The second-order valence-corrected chi connectivity index (χ2v) is 7.26. The minimum absolute atomic E-state index is 0.252. The molecule has 26 heavy (non-hydrogen) atoms. The van der Waals surface area contributed by atoms with E-state index in [1.54, 1.807) is 17.4 Å². The van der Waals surface area contributed by atoms with Crippen molar-refractivity contribution in [2.24, 2.45) is 0 Å². The van der Waals surface area contributed by atoms with Gasteiger partial charge in [-0.05, 0) is 35.2 Å². The van der Waals surface area contributed by atoms with Crippen molar-refractivity contribution in [3.8, 4) is 11.3 Å². The Labute approximate surface area is 156 Å². The van der Waals surface area contributed by atoms with Crippen LogP contribution in [0.1, 0.15) is 5.56 Å². The third-order valence-electron chi connectivity index (χ3n) is 4.68. The molecule has 1 fully saturated rings. The zero-order valence-corrected chi connectivity index (χ0v) is 15.4. The van der Waals surface area contributed by atoms with Crippen molar-refractivity contribution in [1.82, 2.24) is 15.2 Å². The van der Waals surface area contributed by atoms with E-state index >= 15 is 0 Å². The van der Waals surface area contributed by atoms with Crippen LogP contribution in [-0.4, -0.2) is 49.3 Å². The second kappa shape index (κ2) is 8.22. The average Bonchev–Trinajstić information content (AvgIpc) is 3.20. The summed E-state index contributed by atoms with van der Waals surface area (Å²) in [5.41, 5.74) is 3.86. The number of nitrogens with one attached hydrogen (secondary N) is 1. The van der Waals surface area contributed by atoms with E-state index < -0.39 is 0 Å². The summed E-state index contributed by atoms with van der Waals surface area (Å²) < 4.78 is 19.0. The molecule has 2 aromatic heterocycles. The highest BCUT2D eigenvalue weighted by Gasteiger charge is 2.12. The predicted molar refractivity (Wildman–Crippen MR) is 104 cm³/mol. The molecule has 3 aromatic rings. The first-order valence-electron chi connectivity index (χ1n) is 8.92. The van der Waals surface area contributed by atoms with Gasteiger partial charge in [0, 0.05) is 55.1 Å². The second-order valence-electron chi connectivity index (χ2n) is 6.48. The van der Waals surface area contributed by atoms with Gasteiger partial charge in [-0.2, -0.15) is 11.3 Å². The number of hydrogen-bond donors (Lipinski definition) is 1. The molecule has 0 unspecified atom stereocenters. The number of rotatable bonds is 6. The van der Waals surface area contributed by atoms with Gasteiger partial charge >= 0.3 is 0 Å². The average molecular weight is 371 g/mol. The van der Waals surface area contributed by atoms with E-state index in [0.717, 1.165) is 68.1 Å². The molecule has 0 atom stereocenters. The van der Waals surface area contributed by atoms with Gasteiger partial charge in [0.1, 0.15) is 5.82 Å². The van der Waals surface area contributed by atoms with Crippen LogP contribution in [0.5, 0.6) is 0 Å². The number of morpholine rings is 1. The zero-order valence-electron chi connectivity index (χ0n) is 14.6. The molecule has 0 radical (unpaired) electrons. The van der Waals surface area contributed by atoms with E-state index in [4.69, 9.17) is 9.72 Å². The van der Waals surface area contributed by atoms with Gasteiger partial charge in [0.2, 0.25) is 0 Å². The standard InChI is InChI=1S/C20H22FN3OS/c21-18-2-1-15-11-17(13-22-4-5-24-6-8-25-9-7-24)20(23-19(15)12-18)16-3-10-26-14-16/h1-3,10-12,14,22H,4-9,13H2. The molecular formula is C20H22FN3OS. The molecule has 1 N–H and O–H groups in total.